The standard InChI is InChI=1S/C16H17N4O7P/c17-14(23)15-18-8-20(19-15)16-13(22)12(21)11(26-16)5-6-28(24)25-7-9-3-1-2-4-10(9)27-28/h1-6,8,11-13,16,21-22H,7H2,(H2,17,23)/b6-5+/t11-,12-,13-,16?,28?/m1/s1. The Morgan fingerprint density at radius 1 is 1.32 bits per heavy atom. The van der Waals surface area contributed by atoms with Crippen LogP contribution < -0.4 is 10.3 Å². The van der Waals surface area contributed by atoms with Crippen molar-refractivity contribution >= 4 is 13.5 Å². The van der Waals surface area contributed by atoms with Crippen molar-refractivity contribution in [1.82, 2.24) is 14.8 Å². The van der Waals surface area contributed by atoms with Crippen LogP contribution in [0.25, 0.3) is 0 Å². The van der Waals surface area contributed by atoms with Gasteiger partial charge in [0.1, 0.15) is 30.4 Å². The minimum Gasteiger partial charge on any atom is -0.421 e. The van der Waals surface area contributed by atoms with Crippen LogP contribution in [0.15, 0.2) is 42.5 Å². The number of aromatic nitrogens is 3. The fraction of sp³-hybridized carbons (Fsp3) is 0.312. The molecular weight excluding hydrogens is 391 g/mol. The topological polar surface area (TPSA) is 159 Å². The molecule has 0 bridgehead atoms. The first-order valence-corrected chi connectivity index (χ1v) is 9.91. The summed E-state index contributed by atoms with van der Waals surface area (Å²) >= 11 is 0. The van der Waals surface area contributed by atoms with E-state index >= 15 is 0 Å². The van der Waals surface area contributed by atoms with Crippen LogP contribution in [-0.4, -0.2) is 49.2 Å². The van der Waals surface area contributed by atoms with E-state index in [1.54, 1.807) is 18.2 Å². The van der Waals surface area contributed by atoms with E-state index in [2.05, 4.69) is 10.1 Å². The Labute approximate surface area is 158 Å². The average Bonchev–Trinajstić information content (AvgIpc) is 3.27. The predicted molar refractivity (Wildman–Crippen MR) is 93.1 cm³/mol. The lowest BCUT2D eigenvalue weighted by molar-refractivity contribution is -0.0346. The number of carbonyl (C=O) groups is 1. The monoisotopic (exact) mass is 408 g/mol. The summed E-state index contributed by atoms with van der Waals surface area (Å²) in [5.74, 6) is 0.543. The Balaban J connectivity index is 1.49. The highest BCUT2D eigenvalue weighted by molar-refractivity contribution is 7.57. The van der Waals surface area contributed by atoms with Crippen molar-refractivity contribution in [2.24, 2.45) is 5.73 Å². The molecule has 0 spiro atoms. The molecule has 148 valence electrons. The van der Waals surface area contributed by atoms with Gasteiger partial charge in [-0.15, -0.1) is 5.10 Å². The van der Waals surface area contributed by atoms with Crippen molar-refractivity contribution < 1.29 is 33.4 Å². The summed E-state index contributed by atoms with van der Waals surface area (Å²) in [5.41, 5.74) is 5.86. The molecule has 1 amide bonds. The van der Waals surface area contributed by atoms with Gasteiger partial charge in [0.25, 0.3) is 5.91 Å². The highest BCUT2D eigenvalue weighted by Crippen LogP contribution is 2.55. The molecule has 2 aliphatic heterocycles. The Morgan fingerprint density at radius 3 is 2.86 bits per heavy atom. The number of carbonyl (C=O) groups excluding carboxylic acids is 1. The van der Waals surface area contributed by atoms with E-state index in [9.17, 15) is 19.6 Å². The summed E-state index contributed by atoms with van der Waals surface area (Å²) in [5, 5.41) is 24.2. The van der Waals surface area contributed by atoms with Crippen LogP contribution in [0.3, 0.4) is 0 Å². The number of aliphatic hydroxyl groups is 2. The van der Waals surface area contributed by atoms with Crippen molar-refractivity contribution in [3.63, 3.8) is 0 Å². The van der Waals surface area contributed by atoms with Crippen LogP contribution in [0.1, 0.15) is 22.4 Å². The van der Waals surface area contributed by atoms with Crippen molar-refractivity contribution in [2.45, 2.75) is 31.1 Å². The molecule has 1 saturated heterocycles. The van der Waals surface area contributed by atoms with Gasteiger partial charge in [0.2, 0.25) is 5.82 Å². The summed E-state index contributed by atoms with van der Waals surface area (Å²) in [7, 11) is -3.59. The zero-order chi connectivity index (χ0) is 19.9. The molecule has 0 radical (unpaired) electrons. The number of para-hydroxylation sites is 1. The second-order valence-electron chi connectivity index (χ2n) is 6.24. The number of nitrogens with zero attached hydrogens (tertiary/aromatic N) is 3. The minimum absolute atomic E-state index is 0.117. The maximum Gasteiger partial charge on any atom is 0.403 e. The third-order valence-electron chi connectivity index (χ3n) is 4.32. The average molecular weight is 408 g/mol. The van der Waals surface area contributed by atoms with Gasteiger partial charge in [0, 0.05) is 11.4 Å². The van der Waals surface area contributed by atoms with E-state index in [0.717, 1.165) is 16.6 Å². The number of hydrogen-bond acceptors (Lipinski definition) is 9. The maximum absolute atomic E-state index is 12.8. The number of benzene rings is 1. The number of aliphatic hydroxyl groups excluding tert-OH is 2. The molecule has 12 heteroatoms. The Bertz CT molecular complexity index is 977. The Morgan fingerprint density at radius 2 is 2.11 bits per heavy atom. The quantitative estimate of drug-likeness (QED) is 0.605. The van der Waals surface area contributed by atoms with Gasteiger partial charge >= 0.3 is 7.60 Å². The summed E-state index contributed by atoms with van der Waals surface area (Å²) in [4.78, 5) is 14.8. The van der Waals surface area contributed by atoms with Crippen LogP contribution in [0.5, 0.6) is 5.75 Å². The molecule has 2 unspecified atom stereocenters. The molecule has 2 aromatic rings. The molecular formula is C16H17N4O7P. The van der Waals surface area contributed by atoms with Crippen LogP contribution in [-0.2, 0) is 20.4 Å². The van der Waals surface area contributed by atoms with E-state index in [0.29, 0.717) is 5.75 Å². The fourth-order valence-corrected chi connectivity index (χ4v) is 4.22. The normalized spacial score (nSPS) is 32.2. The van der Waals surface area contributed by atoms with Crippen molar-refractivity contribution in [2.75, 3.05) is 0 Å². The van der Waals surface area contributed by atoms with Crippen LogP contribution in [0, 0.1) is 0 Å². The van der Waals surface area contributed by atoms with Crippen LogP contribution >= 0.6 is 7.60 Å². The number of nitrogens with two attached hydrogens (primary N) is 1. The molecule has 11 nitrogen and oxygen atoms in total. The summed E-state index contributed by atoms with van der Waals surface area (Å²) in [6, 6.07) is 7.04. The molecule has 28 heavy (non-hydrogen) atoms. The van der Waals surface area contributed by atoms with Gasteiger partial charge in [-0.25, -0.2) is 14.2 Å². The zero-order valence-corrected chi connectivity index (χ0v) is 15.3. The number of hydrogen-bond donors (Lipinski definition) is 3. The van der Waals surface area contributed by atoms with E-state index in [-0.39, 0.29) is 12.4 Å². The highest BCUT2D eigenvalue weighted by Gasteiger charge is 2.44. The lowest BCUT2D eigenvalue weighted by atomic mass is 10.1. The van der Waals surface area contributed by atoms with Gasteiger partial charge in [-0.05, 0) is 12.1 Å². The highest BCUT2D eigenvalue weighted by atomic mass is 31.2. The number of fused-ring (bicyclic) bond motifs is 1. The third kappa shape index (κ3) is 3.46. The van der Waals surface area contributed by atoms with Crippen molar-refractivity contribution in [1.29, 1.82) is 0 Å². The van der Waals surface area contributed by atoms with Crippen molar-refractivity contribution in [3.05, 3.63) is 53.9 Å². The maximum atomic E-state index is 12.8. The van der Waals surface area contributed by atoms with Gasteiger partial charge in [-0.2, -0.15) is 0 Å². The van der Waals surface area contributed by atoms with Gasteiger partial charge in [0.05, 0.1) is 6.61 Å². The molecule has 3 heterocycles. The minimum atomic E-state index is -3.59. The third-order valence-corrected chi connectivity index (χ3v) is 5.80. The lowest BCUT2D eigenvalue weighted by Crippen LogP contribution is -2.31. The predicted octanol–water partition coefficient (Wildman–Crippen LogP) is 0.312. The SMILES string of the molecule is NC(=O)c1ncn(C2O[C@H](/C=C/P3(=O)OCc4ccccc4O3)[C@@H](O)[C@H]2O)n1. The smallest absolute Gasteiger partial charge is 0.403 e. The molecule has 0 saturated carbocycles. The van der Waals surface area contributed by atoms with Gasteiger partial charge in [-0.3, -0.25) is 9.32 Å². The van der Waals surface area contributed by atoms with E-state index in [1.807, 2.05) is 6.07 Å². The second kappa shape index (κ2) is 7.12. The van der Waals surface area contributed by atoms with Gasteiger partial charge in [0.15, 0.2) is 6.23 Å². The first kappa shape index (κ1) is 18.8. The fourth-order valence-electron chi connectivity index (χ4n) is 2.87. The summed E-state index contributed by atoms with van der Waals surface area (Å²) in [6.07, 6.45) is -2.39. The Hall–Kier alpha value is -2.56. The molecule has 2 aliphatic rings. The molecule has 5 atom stereocenters. The van der Waals surface area contributed by atoms with Crippen LogP contribution in [0.4, 0.5) is 0 Å². The zero-order valence-electron chi connectivity index (χ0n) is 14.4. The number of primary amides is 1. The first-order chi connectivity index (χ1) is 13.4. The number of ether oxygens (including phenoxy) is 1. The van der Waals surface area contributed by atoms with E-state index in [1.165, 1.54) is 11.9 Å². The molecule has 4 rings (SSSR count). The molecule has 1 aromatic carbocycles. The summed E-state index contributed by atoms with van der Waals surface area (Å²) < 4.78 is 30.2. The largest absolute Gasteiger partial charge is 0.421 e. The molecule has 1 aromatic heterocycles. The van der Waals surface area contributed by atoms with E-state index < -0.39 is 38.0 Å². The summed E-state index contributed by atoms with van der Waals surface area (Å²) in [6.45, 7) is 0.117. The number of rotatable bonds is 4. The van der Waals surface area contributed by atoms with Crippen LogP contribution in [0.2, 0.25) is 0 Å². The molecule has 0 aliphatic carbocycles. The Kier molecular flexibility index (Phi) is 4.77. The number of amides is 1. The van der Waals surface area contributed by atoms with Gasteiger partial charge < -0.3 is 25.2 Å². The second-order valence-corrected chi connectivity index (χ2v) is 8.06. The molecule has 4 N–H and O–H groups in total. The van der Waals surface area contributed by atoms with Crippen molar-refractivity contribution in [3.8, 4) is 5.75 Å². The van der Waals surface area contributed by atoms with E-state index in [4.69, 9.17) is 19.5 Å². The van der Waals surface area contributed by atoms with Gasteiger partial charge in [-0.1, -0.05) is 18.2 Å². The lowest BCUT2D eigenvalue weighted by Gasteiger charge is -2.23. The molecule has 1 fully saturated rings. The first-order valence-electron chi connectivity index (χ1n) is 8.30.